The zero-order valence-electron chi connectivity index (χ0n) is 16.1. The van der Waals surface area contributed by atoms with Crippen molar-refractivity contribution in [1.82, 2.24) is 5.43 Å². The maximum absolute atomic E-state index is 13.9. The van der Waals surface area contributed by atoms with E-state index in [9.17, 15) is 9.18 Å². The highest BCUT2D eigenvalue weighted by molar-refractivity contribution is 5.95. The first kappa shape index (κ1) is 20.6. The minimum atomic E-state index is -0.789. The fraction of sp³-hybridized carbons (Fsp3) is 0.0870. The average Bonchev–Trinajstić information content (AvgIpc) is 2.78. The largest absolute Gasteiger partial charge is 0.493 e. The number of halogens is 1. The van der Waals surface area contributed by atoms with E-state index in [1.54, 1.807) is 18.2 Å². The van der Waals surface area contributed by atoms with Crippen LogP contribution in [0, 0.1) is 17.1 Å². The van der Waals surface area contributed by atoms with Crippen molar-refractivity contribution in [3.63, 3.8) is 0 Å². The van der Waals surface area contributed by atoms with Crippen LogP contribution in [0.15, 0.2) is 71.8 Å². The second kappa shape index (κ2) is 9.85. The van der Waals surface area contributed by atoms with E-state index in [1.807, 2.05) is 36.4 Å². The monoisotopic (exact) mass is 403 g/mol. The standard InChI is InChI=1S/C23H18FN3O3/c1-29-22-12-18(8-10-21(22)30-15-16-5-3-2-4-6-16)14-26-27-23(28)19-9-7-17(13-25)11-20(19)24/h2-12,14H,15H2,1H3,(H,27,28). The van der Waals surface area contributed by atoms with Gasteiger partial charge in [0.05, 0.1) is 30.5 Å². The number of ether oxygens (including phenoxy) is 2. The maximum atomic E-state index is 13.9. The molecule has 0 aromatic heterocycles. The number of benzene rings is 3. The number of hydrogen-bond donors (Lipinski definition) is 1. The Morgan fingerprint density at radius 1 is 1.13 bits per heavy atom. The number of nitrogens with one attached hydrogen (secondary N) is 1. The lowest BCUT2D eigenvalue weighted by atomic mass is 10.1. The summed E-state index contributed by atoms with van der Waals surface area (Å²) >= 11 is 0. The van der Waals surface area contributed by atoms with Gasteiger partial charge in [-0.2, -0.15) is 10.4 Å². The third-order valence-electron chi connectivity index (χ3n) is 4.15. The predicted octanol–water partition coefficient (Wildman–Crippen LogP) is 4.05. The van der Waals surface area contributed by atoms with Crippen LogP contribution < -0.4 is 14.9 Å². The van der Waals surface area contributed by atoms with Crippen LogP contribution in [0.2, 0.25) is 0 Å². The number of nitrogens with zero attached hydrogens (tertiary/aromatic N) is 2. The van der Waals surface area contributed by atoms with Gasteiger partial charge in [0.1, 0.15) is 12.4 Å². The molecular weight excluding hydrogens is 385 g/mol. The SMILES string of the molecule is COc1cc(C=NNC(=O)c2ccc(C#N)cc2F)ccc1OCc1ccccc1. The third-order valence-corrected chi connectivity index (χ3v) is 4.15. The van der Waals surface area contributed by atoms with Crippen molar-refractivity contribution in [3.8, 4) is 17.6 Å². The number of hydrogen-bond acceptors (Lipinski definition) is 5. The van der Waals surface area contributed by atoms with Gasteiger partial charge in [-0.25, -0.2) is 9.82 Å². The molecule has 0 heterocycles. The summed E-state index contributed by atoms with van der Waals surface area (Å²) in [5.74, 6) is -0.423. The second-order valence-electron chi connectivity index (χ2n) is 6.19. The molecule has 0 radical (unpaired) electrons. The zero-order valence-corrected chi connectivity index (χ0v) is 16.1. The van der Waals surface area contributed by atoms with E-state index in [1.165, 1.54) is 25.5 Å². The predicted molar refractivity (Wildman–Crippen MR) is 110 cm³/mol. The number of rotatable bonds is 7. The van der Waals surface area contributed by atoms with Crippen LogP contribution in [0.3, 0.4) is 0 Å². The molecule has 0 aliphatic rings. The Morgan fingerprint density at radius 2 is 1.93 bits per heavy atom. The summed E-state index contributed by atoms with van der Waals surface area (Å²) in [4.78, 5) is 12.1. The topological polar surface area (TPSA) is 83.7 Å². The molecule has 7 heteroatoms. The molecule has 6 nitrogen and oxygen atoms in total. The van der Waals surface area contributed by atoms with E-state index in [0.29, 0.717) is 23.7 Å². The first-order valence-electron chi connectivity index (χ1n) is 8.98. The van der Waals surface area contributed by atoms with Gasteiger partial charge in [-0.3, -0.25) is 4.79 Å². The van der Waals surface area contributed by atoms with Gasteiger partial charge in [-0.1, -0.05) is 30.3 Å². The highest BCUT2D eigenvalue weighted by Gasteiger charge is 2.11. The number of methoxy groups -OCH3 is 1. The molecule has 0 fully saturated rings. The molecule has 0 atom stereocenters. The highest BCUT2D eigenvalue weighted by Crippen LogP contribution is 2.28. The Balaban J connectivity index is 1.64. The summed E-state index contributed by atoms with van der Waals surface area (Å²) in [7, 11) is 1.53. The van der Waals surface area contributed by atoms with Crippen LogP contribution >= 0.6 is 0 Å². The summed E-state index contributed by atoms with van der Waals surface area (Å²) in [6.45, 7) is 0.400. The van der Waals surface area contributed by atoms with Gasteiger partial charge >= 0.3 is 0 Å². The molecule has 0 spiro atoms. The lowest BCUT2D eigenvalue weighted by Gasteiger charge is -2.11. The van der Waals surface area contributed by atoms with Crippen LogP contribution in [0.25, 0.3) is 0 Å². The molecule has 3 aromatic carbocycles. The Hall–Kier alpha value is -4.18. The zero-order chi connectivity index (χ0) is 21.3. The minimum absolute atomic E-state index is 0.134. The number of amides is 1. The van der Waals surface area contributed by atoms with E-state index in [0.717, 1.165) is 11.6 Å². The molecule has 30 heavy (non-hydrogen) atoms. The lowest BCUT2D eigenvalue weighted by molar-refractivity contribution is 0.0951. The first-order valence-corrected chi connectivity index (χ1v) is 8.98. The van der Waals surface area contributed by atoms with Gasteiger partial charge in [0.15, 0.2) is 11.5 Å². The highest BCUT2D eigenvalue weighted by atomic mass is 19.1. The van der Waals surface area contributed by atoms with Crippen molar-refractivity contribution >= 4 is 12.1 Å². The van der Waals surface area contributed by atoms with E-state index >= 15 is 0 Å². The Kier molecular flexibility index (Phi) is 6.74. The fourth-order valence-electron chi connectivity index (χ4n) is 2.61. The van der Waals surface area contributed by atoms with Crippen molar-refractivity contribution in [3.05, 3.63) is 94.8 Å². The van der Waals surface area contributed by atoms with Crippen LogP contribution in [-0.4, -0.2) is 19.2 Å². The van der Waals surface area contributed by atoms with Crippen LogP contribution in [0.1, 0.15) is 27.0 Å². The lowest BCUT2D eigenvalue weighted by Crippen LogP contribution is -2.19. The molecule has 0 unspecified atom stereocenters. The number of carbonyl (C=O) groups is 1. The van der Waals surface area contributed by atoms with Gasteiger partial charge in [-0.05, 0) is 47.5 Å². The van der Waals surface area contributed by atoms with Crippen LogP contribution in [0.4, 0.5) is 4.39 Å². The van der Waals surface area contributed by atoms with Gasteiger partial charge < -0.3 is 9.47 Å². The quantitative estimate of drug-likeness (QED) is 0.477. The minimum Gasteiger partial charge on any atom is -0.493 e. The number of carbonyl (C=O) groups excluding carboxylic acids is 1. The summed E-state index contributed by atoms with van der Waals surface area (Å²) in [6, 6.07) is 20.3. The Bertz CT molecular complexity index is 1110. The van der Waals surface area contributed by atoms with Gasteiger partial charge in [0.2, 0.25) is 0 Å². The molecule has 0 aliphatic heterocycles. The smallest absolute Gasteiger partial charge is 0.274 e. The van der Waals surface area contributed by atoms with E-state index in [2.05, 4.69) is 10.5 Å². The fourth-order valence-corrected chi connectivity index (χ4v) is 2.61. The maximum Gasteiger partial charge on any atom is 0.274 e. The number of hydrazone groups is 1. The summed E-state index contributed by atoms with van der Waals surface area (Å²) < 4.78 is 25.0. The van der Waals surface area contributed by atoms with Crippen molar-refractivity contribution < 1.29 is 18.7 Å². The van der Waals surface area contributed by atoms with Crippen molar-refractivity contribution in [1.29, 1.82) is 5.26 Å². The molecule has 3 rings (SSSR count). The summed E-state index contributed by atoms with van der Waals surface area (Å²) in [5.41, 5.74) is 3.88. The van der Waals surface area contributed by atoms with E-state index < -0.39 is 11.7 Å². The first-order chi connectivity index (χ1) is 14.6. The normalized spacial score (nSPS) is 10.4. The van der Waals surface area contributed by atoms with Crippen molar-refractivity contribution in [2.24, 2.45) is 5.10 Å². The molecule has 0 saturated heterocycles. The summed E-state index contributed by atoms with van der Waals surface area (Å²) in [5, 5.41) is 12.6. The molecule has 1 amide bonds. The molecule has 150 valence electrons. The van der Waals surface area contributed by atoms with Gasteiger partial charge in [0, 0.05) is 0 Å². The molecule has 0 bridgehead atoms. The van der Waals surface area contributed by atoms with Crippen LogP contribution in [0.5, 0.6) is 11.5 Å². The molecular formula is C23H18FN3O3. The molecule has 0 aliphatic carbocycles. The molecule has 3 aromatic rings. The van der Waals surface area contributed by atoms with Gasteiger partial charge in [0.25, 0.3) is 5.91 Å². The van der Waals surface area contributed by atoms with Gasteiger partial charge in [-0.15, -0.1) is 0 Å². The van der Waals surface area contributed by atoms with E-state index in [-0.39, 0.29) is 11.1 Å². The summed E-state index contributed by atoms with van der Waals surface area (Å²) in [6.07, 6.45) is 1.41. The van der Waals surface area contributed by atoms with Crippen molar-refractivity contribution in [2.45, 2.75) is 6.61 Å². The van der Waals surface area contributed by atoms with Crippen molar-refractivity contribution in [2.75, 3.05) is 7.11 Å². The van der Waals surface area contributed by atoms with Crippen LogP contribution in [-0.2, 0) is 6.61 Å². The Labute approximate surface area is 173 Å². The second-order valence-corrected chi connectivity index (χ2v) is 6.19. The molecule has 1 N–H and O–H groups in total. The third kappa shape index (κ3) is 5.20. The molecule has 0 saturated carbocycles. The Morgan fingerprint density at radius 3 is 2.63 bits per heavy atom. The average molecular weight is 403 g/mol. The van der Waals surface area contributed by atoms with E-state index in [4.69, 9.17) is 14.7 Å². The number of nitriles is 1.